The number of nitrogen functional groups attached to an aromatic ring is 1. The number of benzene rings is 1. The van der Waals surface area contributed by atoms with Gasteiger partial charge in [-0.15, -0.1) is 11.3 Å². The molecular weight excluding hydrogens is 401 g/mol. The van der Waals surface area contributed by atoms with E-state index in [0.717, 1.165) is 6.20 Å². The average molecular weight is 412 g/mol. The van der Waals surface area contributed by atoms with Crippen LogP contribution in [-0.2, 0) is 0 Å². The van der Waals surface area contributed by atoms with Crippen molar-refractivity contribution >= 4 is 50.7 Å². The number of fused-ring (bicyclic) bond motifs is 1. The maximum atomic E-state index is 14.4. The number of nitriles is 1. The smallest absolute Gasteiger partial charge is 0.222 e. The van der Waals surface area contributed by atoms with Gasteiger partial charge in [0.1, 0.15) is 21.0 Å². The number of thiazole rings is 1. The molecule has 4 rings (SSSR count). The maximum Gasteiger partial charge on any atom is 0.222 e. The fraction of sp³-hybridized carbons (Fsp3) is 0.0556. The van der Waals surface area contributed by atoms with Gasteiger partial charge in [0.2, 0.25) is 5.95 Å². The molecule has 0 unspecified atom stereocenters. The Morgan fingerprint density at radius 2 is 2.11 bits per heavy atom. The number of rotatable bonds is 3. The third-order valence-electron chi connectivity index (χ3n) is 3.84. The zero-order valence-corrected chi connectivity index (χ0v) is 15.9. The molecule has 1 aromatic carbocycles. The summed E-state index contributed by atoms with van der Waals surface area (Å²) < 4.78 is 14.8. The van der Waals surface area contributed by atoms with E-state index >= 15 is 0 Å². The number of aromatic nitrogens is 4. The summed E-state index contributed by atoms with van der Waals surface area (Å²) in [4.78, 5) is 16.6. The van der Waals surface area contributed by atoms with Crippen LogP contribution >= 0.6 is 22.9 Å². The number of nitrogens with two attached hydrogens (primary N) is 1. The second-order valence-electron chi connectivity index (χ2n) is 5.80. The maximum absolute atomic E-state index is 14.4. The van der Waals surface area contributed by atoms with Crippen LogP contribution in [0.25, 0.3) is 20.8 Å². The van der Waals surface area contributed by atoms with Crippen LogP contribution in [-0.4, -0.2) is 19.9 Å². The lowest BCUT2D eigenvalue weighted by Crippen LogP contribution is -2.02. The minimum Gasteiger partial charge on any atom is -0.368 e. The Hall–Kier alpha value is -3.35. The summed E-state index contributed by atoms with van der Waals surface area (Å²) in [6, 6.07) is 8.74. The summed E-state index contributed by atoms with van der Waals surface area (Å²) in [5.41, 5.74) is 7.29. The highest BCUT2D eigenvalue weighted by molar-refractivity contribution is 7.22. The summed E-state index contributed by atoms with van der Waals surface area (Å²) in [7, 11) is 0. The topological polar surface area (TPSA) is 113 Å². The van der Waals surface area contributed by atoms with Gasteiger partial charge in [0.05, 0.1) is 22.9 Å². The molecule has 0 aliphatic rings. The molecule has 0 amide bonds. The first-order chi connectivity index (χ1) is 13.5. The van der Waals surface area contributed by atoms with E-state index in [0.29, 0.717) is 43.2 Å². The first-order valence-electron chi connectivity index (χ1n) is 7.98. The lowest BCUT2D eigenvalue weighted by molar-refractivity contribution is 0.632. The van der Waals surface area contributed by atoms with Crippen LogP contribution in [0.5, 0.6) is 0 Å². The molecular formula is C18H11ClFN7S. The largest absolute Gasteiger partial charge is 0.368 e. The molecule has 0 saturated heterocycles. The summed E-state index contributed by atoms with van der Waals surface area (Å²) in [5.74, 6) is 0.326. The summed E-state index contributed by atoms with van der Waals surface area (Å²) in [6.45, 7) is 1.78. The second kappa shape index (κ2) is 6.99. The zero-order valence-electron chi connectivity index (χ0n) is 14.4. The van der Waals surface area contributed by atoms with Gasteiger partial charge < -0.3 is 11.1 Å². The van der Waals surface area contributed by atoms with Crippen LogP contribution < -0.4 is 11.1 Å². The molecule has 3 heterocycles. The van der Waals surface area contributed by atoms with E-state index in [-0.39, 0.29) is 11.5 Å². The van der Waals surface area contributed by atoms with Gasteiger partial charge in [-0.2, -0.15) is 10.2 Å². The molecule has 0 atom stereocenters. The van der Waals surface area contributed by atoms with Crippen molar-refractivity contribution in [3.8, 4) is 16.6 Å². The zero-order chi connectivity index (χ0) is 19.8. The van der Waals surface area contributed by atoms with Crippen molar-refractivity contribution in [2.24, 2.45) is 0 Å². The lowest BCUT2D eigenvalue weighted by atomic mass is 10.1. The molecule has 0 saturated carbocycles. The molecule has 0 bridgehead atoms. The number of hydrogen-bond donors (Lipinski definition) is 2. The molecule has 0 radical (unpaired) electrons. The Morgan fingerprint density at radius 3 is 2.86 bits per heavy atom. The third-order valence-corrected chi connectivity index (χ3v) is 5.24. The molecule has 138 valence electrons. The van der Waals surface area contributed by atoms with E-state index in [9.17, 15) is 9.65 Å². The van der Waals surface area contributed by atoms with Crippen molar-refractivity contribution in [2.75, 3.05) is 11.1 Å². The van der Waals surface area contributed by atoms with E-state index in [1.54, 1.807) is 31.2 Å². The Balaban J connectivity index is 1.88. The van der Waals surface area contributed by atoms with Gasteiger partial charge in [-0.1, -0.05) is 17.7 Å². The van der Waals surface area contributed by atoms with Gasteiger partial charge in [0.15, 0.2) is 11.6 Å². The molecule has 0 fully saturated rings. The minimum atomic E-state index is -0.577. The van der Waals surface area contributed by atoms with Crippen molar-refractivity contribution in [2.45, 2.75) is 6.92 Å². The van der Waals surface area contributed by atoms with Crippen LogP contribution in [0.3, 0.4) is 0 Å². The molecule has 0 spiro atoms. The second-order valence-corrected chi connectivity index (χ2v) is 7.21. The number of aryl methyl sites for hydroxylation is 1. The van der Waals surface area contributed by atoms with E-state index in [4.69, 9.17) is 17.3 Å². The van der Waals surface area contributed by atoms with Gasteiger partial charge in [0, 0.05) is 17.3 Å². The fourth-order valence-electron chi connectivity index (χ4n) is 2.69. The Bertz CT molecular complexity index is 1240. The molecule has 3 N–H and O–H groups in total. The van der Waals surface area contributed by atoms with Gasteiger partial charge in [-0.05, 0) is 19.1 Å². The monoisotopic (exact) mass is 411 g/mol. The molecule has 0 aliphatic heterocycles. The van der Waals surface area contributed by atoms with E-state index in [2.05, 4.69) is 31.3 Å². The molecule has 0 aliphatic carbocycles. The number of nitrogens with zero attached hydrogens (tertiary/aromatic N) is 5. The highest BCUT2D eigenvalue weighted by atomic mass is 35.5. The predicted octanol–water partition coefficient (Wildman–Crippen LogP) is 4.45. The molecule has 3 aromatic heterocycles. The minimum absolute atomic E-state index is 0.112. The summed E-state index contributed by atoms with van der Waals surface area (Å²) in [5, 5.41) is 13.2. The van der Waals surface area contributed by atoms with E-state index < -0.39 is 5.82 Å². The molecule has 10 heteroatoms. The van der Waals surface area contributed by atoms with Gasteiger partial charge in [0.25, 0.3) is 0 Å². The van der Waals surface area contributed by atoms with Crippen LogP contribution in [0.15, 0.2) is 30.5 Å². The molecule has 7 nitrogen and oxygen atoms in total. The molecule has 28 heavy (non-hydrogen) atoms. The predicted molar refractivity (Wildman–Crippen MR) is 107 cm³/mol. The van der Waals surface area contributed by atoms with Gasteiger partial charge in [-0.3, -0.25) is 0 Å². The normalized spacial score (nSPS) is 10.8. The van der Waals surface area contributed by atoms with Crippen molar-refractivity contribution in [3.05, 3.63) is 52.6 Å². The van der Waals surface area contributed by atoms with E-state index in [1.807, 2.05) is 0 Å². The van der Waals surface area contributed by atoms with Crippen LogP contribution in [0, 0.1) is 24.1 Å². The van der Waals surface area contributed by atoms with Crippen molar-refractivity contribution in [3.63, 3.8) is 0 Å². The lowest BCUT2D eigenvalue weighted by Gasteiger charge is -2.06. The number of anilines is 3. The number of pyridine rings is 1. The fourth-order valence-corrected chi connectivity index (χ4v) is 4.10. The van der Waals surface area contributed by atoms with Gasteiger partial charge >= 0.3 is 0 Å². The van der Waals surface area contributed by atoms with Crippen molar-refractivity contribution < 1.29 is 4.39 Å². The Labute approximate surface area is 167 Å². The number of nitrogens with one attached hydrogen (secondary N) is 1. The quantitative estimate of drug-likeness (QED) is 0.512. The van der Waals surface area contributed by atoms with Crippen molar-refractivity contribution in [1.29, 1.82) is 5.26 Å². The number of halogens is 2. The summed E-state index contributed by atoms with van der Waals surface area (Å²) >= 11 is 7.45. The standard InChI is InChI=1S/C18H11ClFN7S/c1-8-5-12(26-18(22)24-8)25-16-15-14(11(20)7-23-16)27-17(28-15)13-9(6-21)3-2-4-10(13)19/h2-5,7H,1H3,(H3,22,23,24,25,26). The first-order valence-corrected chi connectivity index (χ1v) is 9.18. The van der Waals surface area contributed by atoms with Crippen LogP contribution in [0.1, 0.15) is 11.3 Å². The highest BCUT2D eigenvalue weighted by Crippen LogP contribution is 2.39. The Kier molecular flexibility index (Phi) is 4.50. The first kappa shape index (κ1) is 18.0. The SMILES string of the molecule is Cc1cc(Nc2ncc(F)c3nc(-c4c(Cl)cccc4C#N)sc23)nc(N)n1. The van der Waals surface area contributed by atoms with Crippen LogP contribution in [0.2, 0.25) is 5.02 Å². The number of hydrogen-bond acceptors (Lipinski definition) is 8. The summed E-state index contributed by atoms with van der Waals surface area (Å²) in [6.07, 6.45) is 1.07. The van der Waals surface area contributed by atoms with Crippen molar-refractivity contribution in [1.82, 2.24) is 19.9 Å². The average Bonchev–Trinajstić information content (AvgIpc) is 3.09. The molecule has 4 aromatic rings. The van der Waals surface area contributed by atoms with Crippen LogP contribution in [0.4, 0.5) is 22.0 Å². The van der Waals surface area contributed by atoms with E-state index in [1.165, 1.54) is 11.3 Å². The third kappa shape index (κ3) is 3.19. The Morgan fingerprint density at radius 1 is 1.29 bits per heavy atom. The van der Waals surface area contributed by atoms with Gasteiger partial charge in [-0.25, -0.2) is 19.3 Å². The highest BCUT2D eigenvalue weighted by Gasteiger charge is 2.19.